The molecule has 21 heavy (non-hydrogen) atoms. The summed E-state index contributed by atoms with van der Waals surface area (Å²) in [4.78, 5) is 7.45. The third-order valence-electron chi connectivity index (χ3n) is 3.73. The van der Waals surface area contributed by atoms with Crippen LogP contribution in [0.2, 0.25) is 0 Å². The largest absolute Gasteiger partial charge is 0.323 e. The van der Waals surface area contributed by atoms with Crippen LogP contribution in [-0.4, -0.2) is 25.2 Å². The van der Waals surface area contributed by atoms with E-state index in [2.05, 4.69) is 79.3 Å². The molecule has 0 radical (unpaired) electrons. The lowest BCUT2D eigenvalue weighted by molar-refractivity contribution is 0.289. The first-order valence-corrected chi connectivity index (χ1v) is 7.85. The topological polar surface area (TPSA) is 6.48 Å². The van der Waals surface area contributed by atoms with Crippen LogP contribution in [0.4, 0.5) is 11.4 Å². The average Bonchev–Trinajstić information content (AvgIpc) is 2.47. The summed E-state index contributed by atoms with van der Waals surface area (Å²) >= 11 is 1.87. The van der Waals surface area contributed by atoms with Crippen molar-refractivity contribution in [3.63, 3.8) is 0 Å². The van der Waals surface area contributed by atoms with Crippen molar-refractivity contribution in [2.45, 2.75) is 29.3 Å². The van der Waals surface area contributed by atoms with Gasteiger partial charge in [-0.2, -0.15) is 0 Å². The fraction of sp³-hybridized carbons (Fsp3) is 0.294. The zero-order valence-electron chi connectivity index (χ0n) is 12.6. The van der Waals surface area contributed by atoms with Crippen molar-refractivity contribution < 1.29 is 0 Å². The highest BCUT2D eigenvalue weighted by molar-refractivity contribution is 7.99. The van der Waals surface area contributed by atoms with Crippen LogP contribution in [0.5, 0.6) is 0 Å². The number of benzene rings is 2. The summed E-state index contributed by atoms with van der Waals surface area (Å²) in [6, 6.07) is 17.4. The maximum atomic E-state index is 2.47. The van der Waals surface area contributed by atoms with Crippen molar-refractivity contribution in [2.75, 3.05) is 19.0 Å². The van der Waals surface area contributed by atoms with Crippen molar-refractivity contribution in [3.8, 4) is 0 Å². The van der Waals surface area contributed by atoms with Gasteiger partial charge in [0.2, 0.25) is 0 Å². The number of anilines is 2. The van der Waals surface area contributed by atoms with Crippen molar-refractivity contribution in [3.05, 3.63) is 48.5 Å². The van der Waals surface area contributed by atoms with Crippen molar-refractivity contribution in [2.24, 2.45) is 0 Å². The normalized spacial score (nSPS) is 14.2. The highest BCUT2D eigenvalue weighted by Gasteiger charge is 2.28. The molecule has 0 amide bonds. The molecule has 2 nitrogen and oxygen atoms in total. The molecule has 0 saturated carbocycles. The van der Waals surface area contributed by atoms with E-state index in [-0.39, 0.29) is 12.4 Å². The molecule has 1 unspecified atom stereocenters. The van der Waals surface area contributed by atoms with E-state index in [4.69, 9.17) is 0 Å². The number of fused-ring (bicyclic) bond motifs is 2. The predicted molar refractivity (Wildman–Crippen MR) is 94.2 cm³/mol. The summed E-state index contributed by atoms with van der Waals surface area (Å²) in [6.45, 7) is 2.25. The van der Waals surface area contributed by atoms with E-state index >= 15 is 0 Å². The highest BCUT2D eigenvalue weighted by Crippen LogP contribution is 2.49. The number of hydrogen-bond donors (Lipinski definition) is 0. The van der Waals surface area contributed by atoms with Gasteiger partial charge in [-0.1, -0.05) is 43.0 Å². The number of rotatable bonds is 3. The minimum absolute atomic E-state index is 0. The summed E-state index contributed by atoms with van der Waals surface area (Å²) in [5.41, 5.74) is 2.63. The first-order valence-electron chi connectivity index (χ1n) is 7.04. The second-order valence-electron chi connectivity index (χ2n) is 5.26. The number of nitrogens with zero attached hydrogens (tertiary/aromatic N) is 2. The first-order chi connectivity index (χ1) is 9.72. The molecule has 0 spiro atoms. The fourth-order valence-corrected chi connectivity index (χ4v) is 3.91. The summed E-state index contributed by atoms with van der Waals surface area (Å²) in [6.07, 6.45) is 1.46. The van der Waals surface area contributed by atoms with Gasteiger partial charge in [-0.15, -0.1) is 12.4 Å². The molecule has 0 N–H and O–H groups in total. The monoisotopic (exact) mass is 320 g/mol. The molecule has 0 fully saturated rings. The predicted octanol–water partition coefficient (Wildman–Crippen LogP) is 5.01. The Hall–Kier alpha value is -1.16. The van der Waals surface area contributed by atoms with Crippen LogP contribution in [0.25, 0.3) is 0 Å². The Balaban J connectivity index is 0.00000161. The molecule has 0 aromatic heterocycles. The van der Waals surface area contributed by atoms with Crippen LogP contribution < -0.4 is 4.90 Å². The van der Waals surface area contributed by atoms with Gasteiger partial charge in [0.05, 0.1) is 17.5 Å². The zero-order chi connectivity index (χ0) is 14.1. The number of hydrogen-bond acceptors (Lipinski definition) is 3. The Morgan fingerprint density at radius 2 is 1.43 bits per heavy atom. The second-order valence-corrected chi connectivity index (χ2v) is 6.34. The molecule has 0 bridgehead atoms. The molecule has 1 aliphatic rings. The molecule has 2 aromatic rings. The average molecular weight is 321 g/mol. The van der Waals surface area contributed by atoms with Gasteiger partial charge >= 0.3 is 0 Å². The van der Waals surface area contributed by atoms with E-state index in [9.17, 15) is 0 Å². The van der Waals surface area contributed by atoms with E-state index in [0.717, 1.165) is 6.42 Å². The number of halogens is 1. The van der Waals surface area contributed by atoms with E-state index in [1.807, 2.05) is 11.8 Å². The summed E-state index contributed by atoms with van der Waals surface area (Å²) in [5.74, 6) is 0. The third-order valence-corrected chi connectivity index (χ3v) is 4.86. The Morgan fingerprint density at radius 1 is 0.952 bits per heavy atom. The van der Waals surface area contributed by atoms with Crippen LogP contribution in [0.1, 0.15) is 13.3 Å². The zero-order valence-corrected chi connectivity index (χ0v) is 14.2. The van der Waals surface area contributed by atoms with Crippen molar-refractivity contribution in [1.82, 2.24) is 4.90 Å². The standard InChI is InChI=1S/C17H20N2S.ClH/c1-4-17(18(2)3)19-13-9-5-7-11-15(13)20-16-12-8-6-10-14(16)19;/h5-12,17H,4H2,1-3H3;1H. The van der Waals surface area contributed by atoms with Crippen molar-refractivity contribution >= 4 is 35.5 Å². The molecule has 3 rings (SSSR count). The summed E-state index contributed by atoms with van der Waals surface area (Å²) < 4.78 is 0. The maximum Gasteiger partial charge on any atom is 0.0863 e. The van der Waals surface area contributed by atoms with Gasteiger partial charge in [0.1, 0.15) is 0 Å². The molecule has 1 atom stereocenters. The van der Waals surface area contributed by atoms with Crippen molar-refractivity contribution in [1.29, 1.82) is 0 Å². The van der Waals surface area contributed by atoms with Gasteiger partial charge in [-0.25, -0.2) is 0 Å². The van der Waals surface area contributed by atoms with Gasteiger partial charge in [0.15, 0.2) is 0 Å². The van der Waals surface area contributed by atoms with E-state index < -0.39 is 0 Å². The van der Waals surface area contributed by atoms with E-state index in [1.54, 1.807) is 0 Å². The van der Waals surface area contributed by atoms with Crippen LogP contribution in [0, 0.1) is 0 Å². The van der Waals surface area contributed by atoms with Gasteiger partial charge in [-0.05, 0) is 44.8 Å². The minimum Gasteiger partial charge on any atom is -0.323 e. The molecule has 1 aliphatic heterocycles. The molecule has 2 aromatic carbocycles. The molecule has 1 heterocycles. The molecular formula is C17H21ClN2S. The lowest BCUT2D eigenvalue weighted by atomic mass is 10.1. The molecule has 0 aliphatic carbocycles. The SMILES string of the molecule is CCC(N(C)C)N1c2ccccc2Sc2ccccc21.Cl. The van der Waals surface area contributed by atoms with Gasteiger partial charge in [-0.3, -0.25) is 4.90 Å². The second kappa shape index (κ2) is 6.73. The van der Waals surface area contributed by atoms with Gasteiger partial charge in [0.25, 0.3) is 0 Å². The van der Waals surface area contributed by atoms with Crippen LogP contribution in [-0.2, 0) is 0 Å². The van der Waals surface area contributed by atoms with E-state index in [1.165, 1.54) is 21.2 Å². The number of para-hydroxylation sites is 2. The molecular weight excluding hydrogens is 300 g/mol. The smallest absolute Gasteiger partial charge is 0.0863 e. The van der Waals surface area contributed by atoms with Crippen LogP contribution in [0.15, 0.2) is 58.3 Å². The Bertz CT molecular complexity index is 570. The van der Waals surface area contributed by atoms with E-state index in [0.29, 0.717) is 6.17 Å². The molecule has 112 valence electrons. The molecule has 0 saturated heterocycles. The Labute approximate surface area is 137 Å². The maximum absolute atomic E-state index is 2.47. The fourth-order valence-electron chi connectivity index (χ4n) is 2.83. The summed E-state index contributed by atoms with van der Waals surface area (Å²) in [7, 11) is 4.31. The Kier molecular flexibility index (Phi) is 5.20. The van der Waals surface area contributed by atoms with Crippen LogP contribution >= 0.6 is 24.2 Å². The lowest BCUT2D eigenvalue weighted by Gasteiger charge is -2.41. The summed E-state index contributed by atoms with van der Waals surface area (Å²) in [5, 5.41) is 0. The van der Waals surface area contributed by atoms with Gasteiger partial charge < -0.3 is 4.90 Å². The van der Waals surface area contributed by atoms with Gasteiger partial charge in [0, 0.05) is 9.79 Å². The third kappa shape index (κ3) is 2.91. The lowest BCUT2D eigenvalue weighted by Crippen LogP contribution is -2.43. The minimum atomic E-state index is 0. The Morgan fingerprint density at radius 3 is 1.86 bits per heavy atom. The quantitative estimate of drug-likeness (QED) is 0.785. The first kappa shape index (κ1) is 16.2. The highest BCUT2D eigenvalue weighted by atomic mass is 35.5. The van der Waals surface area contributed by atoms with Crippen LogP contribution in [0.3, 0.4) is 0 Å². The molecule has 4 heteroatoms.